The fourth-order valence-electron chi connectivity index (χ4n) is 3.30. The van der Waals surface area contributed by atoms with Crippen LogP contribution in [0, 0.1) is 22.0 Å². The van der Waals surface area contributed by atoms with Gasteiger partial charge in [-0.15, -0.1) is 0 Å². The molecule has 0 saturated carbocycles. The first-order chi connectivity index (χ1) is 11.8. The van der Waals surface area contributed by atoms with Gasteiger partial charge in [-0.3, -0.25) is 14.9 Å². The van der Waals surface area contributed by atoms with Crippen molar-refractivity contribution in [3.05, 3.63) is 33.9 Å². The van der Waals surface area contributed by atoms with Crippen molar-refractivity contribution in [3.63, 3.8) is 0 Å². The predicted molar refractivity (Wildman–Crippen MR) is 100 cm³/mol. The maximum Gasteiger partial charge on any atom is 0.293 e. The summed E-state index contributed by atoms with van der Waals surface area (Å²) in [6.07, 6.45) is 2.08. The Balaban J connectivity index is 2.29. The summed E-state index contributed by atoms with van der Waals surface area (Å²) in [5.74, 6) is 0.872. The van der Waals surface area contributed by atoms with E-state index >= 15 is 0 Å². The van der Waals surface area contributed by atoms with Gasteiger partial charge >= 0.3 is 0 Å². The molecule has 2 rings (SSSR count). The summed E-state index contributed by atoms with van der Waals surface area (Å²) in [7, 11) is 0. The molecule has 0 unspecified atom stereocenters. The Hall–Kier alpha value is -2.11. The number of nitro groups is 1. The highest BCUT2D eigenvalue weighted by Crippen LogP contribution is 2.32. The van der Waals surface area contributed by atoms with Gasteiger partial charge in [-0.1, -0.05) is 20.8 Å². The van der Waals surface area contributed by atoms with E-state index in [9.17, 15) is 14.9 Å². The van der Waals surface area contributed by atoms with E-state index in [0.717, 1.165) is 25.9 Å². The number of hydrogen-bond acceptors (Lipinski definition) is 4. The molecule has 0 atom stereocenters. The second-order valence-electron chi connectivity index (χ2n) is 7.37. The fourth-order valence-corrected chi connectivity index (χ4v) is 3.30. The van der Waals surface area contributed by atoms with Crippen molar-refractivity contribution in [3.8, 4) is 0 Å². The molecular weight excluding hydrogens is 318 g/mol. The van der Waals surface area contributed by atoms with Crippen molar-refractivity contribution in [2.45, 2.75) is 40.5 Å². The van der Waals surface area contributed by atoms with Gasteiger partial charge in [0.1, 0.15) is 5.69 Å². The molecule has 1 fully saturated rings. The Morgan fingerprint density at radius 2 is 2.00 bits per heavy atom. The van der Waals surface area contributed by atoms with E-state index in [4.69, 9.17) is 0 Å². The predicted octanol–water partition coefficient (Wildman–Crippen LogP) is 3.95. The number of piperidine rings is 1. The van der Waals surface area contributed by atoms with Crippen LogP contribution in [0.3, 0.4) is 0 Å². The molecule has 1 aliphatic rings. The number of nitrogens with zero attached hydrogens (tertiary/aromatic N) is 3. The average molecular weight is 347 g/mol. The van der Waals surface area contributed by atoms with Gasteiger partial charge in [-0.25, -0.2) is 0 Å². The molecule has 0 aliphatic carbocycles. The summed E-state index contributed by atoms with van der Waals surface area (Å²) in [4.78, 5) is 27.7. The van der Waals surface area contributed by atoms with Crippen molar-refractivity contribution < 1.29 is 9.72 Å². The highest BCUT2D eigenvalue weighted by molar-refractivity contribution is 5.95. The van der Waals surface area contributed by atoms with E-state index in [-0.39, 0.29) is 16.5 Å². The van der Waals surface area contributed by atoms with Gasteiger partial charge < -0.3 is 9.80 Å². The lowest BCUT2D eigenvalue weighted by molar-refractivity contribution is -0.384. The van der Waals surface area contributed by atoms with Gasteiger partial charge in [0, 0.05) is 37.8 Å². The van der Waals surface area contributed by atoms with Crippen LogP contribution in [0.15, 0.2) is 18.2 Å². The molecule has 1 heterocycles. The molecule has 0 radical (unpaired) electrons. The van der Waals surface area contributed by atoms with Gasteiger partial charge in [0.2, 0.25) is 0 Å². The number of nitro benzene ring substituents is 1. The first-order valence-electron chi connectivity index (χ1n) is 9.16. The van der Waals surface area contributed by atoms with Crippen molar-refractivity contribution >= 4 is 17.3 Å². The summed E-state index contributed by atoms with van der Waals surface area (Å²) in [6.45, 7) is 11.1. The van der Waals surface area contributed by atoms with Crippen LogP contribution >= 0.6 is 0 Å². The molecule has 0 aromatic heterocycles. The summed E-state index contributed by atoms with van der Waals surface area (Å²) in [6, 6.07) is 4.91. The topological polar surface area (TPSA) is 66.7 Å². The fraction of sp³-hybridized carbons (Fsp3) is 0.632. The van der Waals surface area contributed by atoms with E-state index < -0.39 is 0 Å². The van der Waals surface area contributed by atoms with Crippen LogP contribution in [0.5, 0.6) is 0 Å². The van der Waals surface area contributed by atoms with Crippen LogP contribution in [-0.2, 0) is 0 Å². The molecule has 1 saturated heterocycles. The zero-order chi connectivity index (χ0) is 18.6. The van der Waals surface area contributed by atoms with Gasteiger partial charge in [-0.05, 0) is 43.7 Å². The second kappa shape index (κ2) is 8.32. The number of rotatable bonds is 6. The number of amides is 1. The highest BCUT2D eigenvalue weighted by Gasteiger charge is 2.26. The zero-order valence-electron chi connectivity index (χ0n) is 15.7. The normalized spacial score (nSPS) is 15.5. The molecule has 6 heteroatoms. The Kier molecular flexibility index (Phi) is 6.39. The van der Waals surface area contributed by atoms with Crippen LogP contribution < -0.4 is 4.90 Å². The first-order valence-corrected chi connectivity index (χ1v) is 9.16. The SMILES string of the molecule is CCN(CC(C)C)C(=O)c1ccc(N2CCC(C)CC2)c([N+](=O)[O-])c1. The average Bonchev–Trinajstić information content (AvgIpc) is 2.59. The van der Waals surface area contributed by atoms with Crippen LogP contribution in [0.4, 0.5) is 11.4 Å². The molecule has 138 valence electrons. The number of anilines is 1. The molecule has 6 nitrogen and oxygen atoms in total. The van der Waals surface area contributed by atoms with Crippen molar-refractivity contribution in [2.24, 2.45) is 11.8 Å². The molecule has 1 aliphatic heterocycles. The maximum atomic E-state index is 12.7. The quantitative estimate of drug-likeness (QED) is 0.577. The van der Waals surface area contributed by atoms with Crippen molar-refractivity contribution in [2.75, 3.05) is 31.1 Å². The van der Waals surface area contributed by atoms with Gasteiger partial charge in [-0.2, -0.15) is 0 Å². The minimum atomic E-state index is -0.372. The molecule has 0 N–H and O–H groups in total. The second-order valence-corrected chi connectivity index (χ2v) is 7.37. The monoisotopic (exact) mass is 347 g/mol. The van der Waals surface area contributed by atoms with Gasteiger partial charge in [0.25, 0.3) is 11.6 Å². The number of benzene rings is 1. The minimum absolute atomic E-state index is 0.0287. The molecule has 0 bridgehead atoms. The van der Waals surface area contributed by atoms with Crippen molar-refractivity contribution in [1.29, 1.82) is 0 Å². The third-order valence-corrected chi connectivity index (χ3v) is 4.80. The Morgan fingerprint density at radius 1 is 1.36 bits per heavy atom. The minimum Gasteiger partial charge on any atom is -0.366 e. The highest BCUT2D eigenvalue weighted by atomic mass is 16.6. The summed E-state index contributed by atoms with van der Waals surface area (Å²) < 4.78 is 0. The maximum absolute atomic E-state index is 12.7. The van der Waals surface area contributed by atoms with Gasteiger partial charge in [0.05, 0.1) is 4.92 Å². The van der Waals surface area contributed by atoms with Crippen molar-refractivity contribution in [1.82, 2.24) is 4.90 Å². The van der Waals surface area contributed by atoms with E-state index in [1.165, 1.54) is 6.07 Å². The lowest BCUT2D eigenvalue weighted by atomic mass is 9.98. The summed E-state index contributed by atoms with van der Waals surface area (Å²) in [5, 5.41) is 11.6. The smallest absolute Gasteiger partial charge is 0.293 e. The van der Waals surface area contributed by atoms with Crippen LogP contribution in [0.1, 0.15) is 50.9 Å². The van der Waals surface area contributed by atoms with E-state index in [1.807, 2.05) is 6.92 Å². The third kappa shape index (κ3) is 4.71. The summed E-state index contributed by atoms with van der Waals surface area (Å²) in [5.41, 5.74) is 1.05. The van der Waals surface area contributed by atoms with E-state index in [1.54, 1.807) is 17.0 Å². The molecule has 1 aromatic rings. The molecule has 1 aromatic carbocycles. The number of carbonyl (C=O) groups excluding carboxylic acids is 1. The third-order valence-electron chi connectivity index (χ3n) is 4.80. The lowest BCUT2D eigenvalue weighted by Crippen LogP contribution is -2.35. The Morgan fingerprint density at radius 3 is 2.52 bits per heavy atom. The zero-order valence-corrected chi connectivity index (χ0v) is 15.7. The molecule has 25 heavy (non-hydrogen) atoms. The van der Waals surface area contributed by atoms with E-state index in [2.05, 4.69) is 25.7 Å². The van der Waals surface area contributed by atoms with Crippen LogP contribution in [0.25, 0.3) is 0 Å². The largest absolute Gasteiger partial charge is 0.366 e. The number of carbonyl (C=O) groups is 1. The standard InChI is InChI=1S/C19H29N3O3/c1-5-20(13-14(2)3)19(23)16-6-7-17(18(12-16)22(24)25)21-10-8-15(4)9-11-21/h6-7,12,14-15H,5,8-11,13H2,1-4H3. The molecule has 0 spiro atoms. The van der Waals surface area contributed by atoms with Crippen LogP contribution in [0.2, 0.25) is 0 Å². The lowest BCUT2D eigenvalue weighted by Gasteiger charge is -2.32. The Labute approximate surface area is 150 Å². The van der Waals surface area contributed by atoms with Gasteiger partial charge in [0.15, 0.2) is 0 Å². The Bertz CT molecular complexity index is 622. The first kappa shape index (κ1) is 19.2. The van der Waals surface area contributed by atoms with E-state index in [0.29, 0.717) is 36.2 Å². The molecule has 1 amide bonds. The number of hydrogen-bond donors (Lipinski definition) is 0. The molecular formula is C19H29N3O3. The van der Waals surface area contributed by atoms with Crippen LogP contribution in [-0.4, -0.2) is 41.9 Å². The summed E-state index contributed by atoms with van der Waals surface area (Å²) >= 11 is 0.